The molecular formula is C14H23N. The second kappa shape index (κ2) is 2.88. The van der Waals surface area contributed by atoms with Gasteiger partial charge in [-0.1, -0.05) is 31.9 Å². The minimum atomic E-state index is 0.438. The van der Waals surface area contributed by atoms with Crippen LogP contribution in [0.15, 0.2) is 11.6 Å². The van der Waals surface area contributed by atoms with Gasteiger partial charge in [-0.2, -0.15) is 0 Å². The first-order chi connectivity index (χ1) is 7.10. The lowest BCUT2D eigenvalue weighted by Crippen LogP contribution is -2.54. The summed E-state index contributed by atoms with van der Waals surface area (Å²) in [7, 11) is 0. The van der Waals surface area contributed by atoms with Crippen molar-refractivity contribution in [2.24, 2.45) is 28.4 Å². The van der Waals surface area contributed by atoms with Gasteiger partial charge in [-0.3, -0.25) is 0 Å². The molecule has 0 radical (unpaired) electrons. The van der Waals surface area contributed by atoms with Crippen LogP contribution in [0.25, 0.3) is 0 Å². The summed E-state index contributed by atoms with van der Waals surface area (Å²) >= 11 is 0. The van der Waals surface area contributed by atoms with Crippen molar-refractivity contribution in [1.82, 2.24) is 0 Å². The van der Waals surface area contributed by atoms with Crippen LogP contribution in [-0.2, 0) is 0 Å². The fourth-order valence-corrected chi connectivity index (χ4v) is 4.16. The van der Waals surface area contributed by atoms with Crippen molar-refractivity contribution in [3.05, 3.63) is 11.6 Å². The van der Waals surface area contributed by atoms with Gasteiger partial charge in [-0.15, -0.1) is 0 Å². The molecule has 0 aliphatic heterocycles. The molecule has 4 aliphatic carbocycles. The maximum absolute atomic E-state index is 6.03. The molecule has 15 heavy (non-hydrogen) atoms. The number of nitrogens with two attached hydrogens (primary N) is 1. The summed E-state index contributed by atoms with van der Waals surface area (Å²) in [5, 5.41) is 0. The summed E-state index contributed by atoms with van der Waals surface area (Å²) < 4.78 is 0. The van der Waals surface area contributed by atoms with E-state index in [9.17, 15) is 0 Å². The Morgan fingerprint density at radius 1 is 1.40 bits per heavy atom. The van der Waals surface area contributed by atoms with Crippen LogP contribution in [0.4, 0.5) is 0 Å². The van der Waals surface area contributed by atoms with Crippen molar-refractivity contribution in [2.45, 2.75) is 46.0 Å². The van der Waals surface area contributed by atoms with E-state index in [0.717, 1.165) is 18.4 Å². The number of fused-ring (bicyclic) bond motifs is 1. The van der Waals surface area contributed by atoms with Crippen molar-refractivity contribution in [1.29, 1.82) is 0 Å². The third kappa shape index (κ3) is 1.08. The van der Waals surface area contributed by atoms with E-state index >= 15 is 0 Å². The highest BCUT2D eigenvalue weighted by Gasteiger charge is 2.56. The minimum absolute atomic E-state index is 0.438. The topological polar surface area (TPSA) is 26.0 Å². The number of allylic oxidation sites excluding steroid dienone is 1. The Balaban J connectivity index is 1.91. The summed E-state index contributed by atoms with van der Waals surface area (Å²) in [5.41, 5.74) is 8.79. The fraction of sp³-hybridized carbons (Fsp3) is 0.857. The Bertz CT molecular complexity index is 304. The van der Waals surface area contributed by atoms with Gasteiger partial charge >= 0.3 is 0 Å². The Labute approximate surface area is 93.1 Å². The molecule has 4 aliphatic rings. The number of rotatable bonds is 2. The molecule has 0 aromatic rings. The van der Waals surface area contributed by atoms with Crippen LogP contribution in [0.5, 0.6) is 0 Å². The maximum Gasteiger partial charge on any atom is 0.00374 e. The molecular weight excluding hydrogens is 182 g/mol. The Morgan fingerprint density at radius 3 is 2.53 bits per heavy atom. The van der Waals surface area contributed by atoms with Gasteiger partial charge in [-0.25, -0.2) is 0 Å². The Hall–Kier alpha value is -0.300. The van der Waals surface area contributed by atoms with Gasteiger partial charge < -0.3 is 5.73 Å². The van der Waals surface area contributed by atoms with E-state index < -0.39 is 0 Å². The lowest BCUT2D eigenvalue weighted by Gasteiger charge is -2.61. The first kappa shape index (κ1) is 9.89. The fourth-order valence-electron chi connectivity index (χ4n) is 4.16. The van der Waals surface area contributed by atoms with E-state index in [-0.39, 0.29) is 0 Å². The van der Waals surface area contributed by atoms with E-state index in [1.165, 1.54) is 32.1 Å². The highest BCUT2D eigenvalue weighted by atomic mass is 14.7. The lowest BCUT2D eigenvalue weighted by atomic mass is 9.44. The second-order valence-corrected chi connectivity index (χ2v) is 6.54. The predicted octanol–water partition coefficient (Wildman–Crippen LogP) is 3.11. The van der Waals surface area contributed by atoms with Gasteiger partial charge in [0.2, 0.25) is 0 Å². The predicted molar refractivity (Wildman–Crippen MR) is 63.4 cm³/mol. The third-order valence-electron chi connectivity index (χ3n) is 5.78. The molecule has 0 saturated heterocycles. The van der Waals surface area contributed by atoms with E-state index in [1.807, 2.05) is 0 Å². The van der Waals surface area contributed by atoms with E-state index in [2.05, 4.69) is 19.9 Å². The van der Waals surface area contributed by atoms with Crippen LogP contribution in [0.2, 0.25) is 0 Å². The largest absolute Gasteiger partial charge is 0.330 e. The highest BCUT2D eigenvalue weighted by Crippen LogP contribution is 2.65. The van der Waals surface area contributed by atoms with Gasteiger partial charge in [-0.05, 0) is 42.9 Å². The zero-order valence-electron chi connectivity index (χ0n) is 10.1. The maximum atomic E-state index is 6.03. The molecule has 1 heteroatoms. The van der Waals surface area contributed by atoms with Crippen molar-refractivity contribution < 1.29 is 0 Å². The Morgan fingerprint density at radius 2 is 2.13 bits per heavy atom. The molecule has 84 valence electrons. The molecule has 0 spiro atoms. The summed E-state index contributed by atoms with van der Waals surface area (Å²) in [5.74, 6) is 1.82. The summed E-state index contributed by atoms with van der Waals surface area (Å²) in [6.07, 6.45) is 9.42. The molecule has 2 bridgehead atoms. The van der Waals surface area contributed by atoms with Crippen molar-refractivity contribution in [2.75, 3.05) is 6.54 Å². The zero-order valence-corrected chi connectivity index (χ0v) is 10.1. The van der Waals surface area contributed by atoms with Crippen molar-refractivity contribution in [3.63, 3.8) is 0 Å². The van der Waals surface area contributed by atoms with Gasteiger partial charge in [0.05, 0.1) is 0 Å². The second-order valence-electron chi connectivity index (χ2n) is 6.54. The van der Waals surface area contributed by atoms with Crippen LogP contribution >= 0.6 is 0 Å². The van der Waals surface area contributed by atoms with Gasteiger partial charge in [0, 0.05) is 12.0 Å². The number of hydrogen-bond acceptors (Lipinski definition) is 1. The average molecular weight is 205 g/mol. The molecule has 0 amide bonds. The monoisotopic (exact) mass is 205 g/mol. The molecule has 4 rings (SSSR count). The smallest absolute Gasteiger partial charge is 0.00374 e. The molecule has 0 aromatic heterocycles. The molecule has 2 fully saturated rings. The van der Waals surface area contributed by atoms with Crippen LogP contribution < -0.4 is 5.73 Å². The average Bonchev–Trinajstić information content (AvgIpc) is 2.17. The van der Waals surface area contributed by atoms with Gasteiger partial charge in [0.25, 0.3) is 0 Å². The molecule has 2 N–H and O–H groups in total. The van der Waals surface area contributed by atoms with E-state index in [4.69, 9.17) is 5.73 Å². The molecule has 2 saturated carbocycles. The summed E-state index contributed by atoms with van der Waals surface area (Å²) in [4.78, 5) is 0. The first-order valence-corrected chi connectivity index (χ1v) is 6.51. The van der Waals surface area contributed by atoms with Crippen LogP contribution in [0, 0.1) is 22.7 Å². The van der Waals surface area contributed by atoms with Gasteiger partial charge in [0.1, 0.15) is 0 Å². The van der Waals surface area contributed by atoms with Crippen LogP contribution in [-0.4, -0.2) is 6.54 Å². The lowest BCUT2D eigenvalue weighted by molar-refractivity contribution is -0.0306. The Kier molecular flexibility index (Phi) is 1.90. The normalized spacial score (nSPS) is 40.1. The molecule has 0 heterocycles. The molecule has 0 aromatic carbocycles. The SMILES string of the molecule is CC1(C)C2CC=C(C3(CN)CCC3)C1C2. The highest BCUT2D eigenvalue weighted by molar-refractivity contribution is 5.31. The standard InChI is InChI=1S/C14H23N/c1-13(2)10-4-5-11(12(13)8-10)14(9-15)6-3-7-14/h5,10,12H,3-4,6-9,15H2,1-2H3. The van der Waals surface area contributed by atoms with E-state index in [1.54, 1.807) is 5.57 Å². The summed E-state index contributed by atoms with van der Waals surface area (Å²) in [6, 6.07) is 0. The van der Waals surface area contributed by atoms with Crippen LogP contribution in [0.3, 0.4) is 0 Å². The van der Waals surface area contributed by atoms with Crippen LogP contribution in [0.1, 0.15) is 46.0 Å². The quantitative estimate of drug-likeness (QED) is 0.689. The van der Waals surface area contributed by atoms with Crippen molar-refractivity contribution >= 4 is 0 Å². The van der Waals surface area contributed by atoms with E-state index in [0.29, 0.717) is 10.8 Å². The van der Waals surface area contributed by atoms with Crippen molar-refractivity contribution in [3.8, 4) is 0 Å². The summed E-state index contributed by atoms with van der Waals surface area (Å²) in [6.45, 7) is 5.81. The molecule has 2 atom stereocenters. The number of hydrogen-bond donors (Lipinski definition) is 1. The minimum Gasteiger partial charge on any atom is -0.330 e. The molecule has 1 nitrogen and oxygen atoms in total. The van der Waals surface area contributed by atoms with Gasteiger partial charge in [0.15, 0.2) is 0 Å². The first-order valence-electron chi connectivity index (χ1n) is 6.51. The molecule has 2 unspecified atom stereocenters. The zero-order chi connectivity index (χ0) is 10.7. The third-order valence-corrected chi connectivity index (χ3v) is 5.78.